The Labute approximate surface area is 305 Å². The van der Waals surface area contributed by atoms with Gasteiger partial charge in [0.1, 0.15) is 12.1 Å². The van der Waals surface area contributed by atoms with Crippen molar-refractivity contribution in [2.45, 2.75) is 184 Å². The van der Waals surface area contributed by atoms with Crippen LogP contribution in [0.3, 0.4) is 0 Å². The number of piperidine rings is 1. The Hall–Kier alpha value is -2.70. The van der Waals surface area contributed by atoms with Crippen LogP contribution in [0.15, 0.2) is 0 Å². The average molecular weight is 734 g/mol. The number of carbonyl (C=O) groups is 5. The maximum atomic E-state index is 14.5. The number of amides is 5. The van der Waals surface area contributed by atoms with Crippen molar-refractivity contribution >= 4 is 39.4 Å². The van der Waals surface area contributed by atoms with Crippen molar-refractivity contribution in [3.05, 3.63) is 0 Å². The molecule has 5 rings (SSSR count). The summed E-state index contributed by atoms with van der Waals surface area (Å²) in [5.74, 6) is -2.11. The van der Waals surface area contributed by atoms with Crippen LogP contribution in [0.2, 0.25) is 0 Å². The molecule has 6 atom stereocenters. The van der Waals surface area contributed by atoms with Crippen molar-refractivity contribution in [3.63, 3.8) is 0 Å². The standard InChI is InChI=1S/C38H63N5O7S/c1-24(51(49,50)36(2,3)4)38(21-15-12-16-22-38)42-35(48)41-28-18-14-11-9-7-8-10-13-17-27(31(44)33(46)39-25-19-20-25)40-32(45)30-29-26(37(29,5)6)23-43(30)34(28)47/h24-30H,7-23H2,1-6H3,(H,39,46)(H,40,45)(H2,41,42,48). The van der Waals surface area contributed by atoms with Crippen molar-refractivity contribution in [1.29, 1.82) is 0 Å². The van der Waals surface area contributed by atoms with Crippen LogP contribution < -0.4 is 21.3 Å². The fourth-order valence-corrected chi connectivity index (χ4v) is 11.0. The lowest BCUT2D eigenvalue weighted by molar-refractivity contribution is -0.144. The number of sulfone groups is 1. The summed E-state index contributed by atoms with van der Waals surface area (Å²) in [7, 11) is -3.62. The number of ketones is 1. The molecule has 288 valence electrons. The smallest absolute Gasteiger partial charge is 0.315 e. The molecule has 3 saturated carbocycles. The molecule has 2 heterocycles. The molecule has 0 spiro atoms. The van der Waals surface area contributed by atoms with Gasteiger partial charge in [-0.15, -0.1) is 0 Å². The van der Waals surface area contributed by atoms with E-state index in [1.807, 2.05) is 0 Å². The molecule has 5 amide bonds. The second-order valence-corrected chi connectivity index (χ2v) is 20.8. The van der Waals surface area contributed by atoms with Gasteiger partial charge in [0.05, 0.1) is 21.6 Å². The molecule has 6 unspecified atom stereocenters. The zero-order valence-corrected chi connectivity index (χ0v) is 32.6. The summed E-state index contributed by atoms with van der Waals surface area (Å²) in [5.41, 5.74) is -1.14. The first-order valence-corrected chi connectivity index (χ1v) is 21.2. The predicted octanol–water partition coefficient (Wildman–Crippen LogP) is 4.30. The van der Waals surface area contributed by atoms with Gasteiger partial charge in [-0.05, 0) is 83.5 Å². The summed E-state index contributed by atoms with van der Waals surface area (Å²) in [6.07, 6.45) is 12.1. The molecule has 5 aliphatic rings. The number of hydrogen-bond donors (Lipinski definition) is 4. The SMILES string of the molecule is CC(C1(NC(=O)NC2CCCCCCCCCC(C(=O)C(=O)NC3CC3)NC(=O)C3C4C(CN3C2=O)C4(C)C)CCCCC1)S(=O)(=O)C(C)(C)C. The number of rotatable bonds is 7. The normalized spacial score (nSPS) is 30.9. The molecule has 0 radical (unpaired) electrons. The van der Waals surface area contributed by atoms with Crippen LogP contribution in [0, 0.1) is 17.3 Å². The van der Waals surface area contributed by atoms with Crippen LogP contribution in [0.1, 0.15) is 144 Å². The number of hydrogen-bond acceptors (Lipinski definition) is 7. The van der Waals surface area contributed by atoms with E-state index in [2.05, 4.69) is 35.1 Å². The number of nitrogens with one attached hydrogen (secondary N) is 4. The second-order valence-electron chi connectivity index (χ2n) is 17.8. The van der Waals surface area contributed by atoms with E-state index >= 15 is 0 Å². The molecular formula is C38H63N5O7S. The highest BCUT2D eigenvalue weighted by atomic mass is 32.2. The number of nitrogens with zero attached hydrogens (tertiary/aromatic N) is 1. The lowest BCUT2D eigenvalue weighted by Gasteiger charge is -2.44. The third-order valence-corrected chi connectivity index (χ3v) is 15.9. The zero-order valence-electron chi connectivity index (χ0n) is 31.8. The van der Waals surface area contributed by atoms with Crippen LogP contribution in [0.5, 0.6) is 0 Å². The van der Waals surface area contributed by atoms with Gasteiger partial charge in [0.15, 0.2) is 9.84 Å². The largest absolute Gasteiger partial charge is 0.347 e. The Morgan fingerprint density at radius 1 is 0.843 bits per heavy atom. The molecule has 2 saturated heterocycles. The molecule has 0 aromatic heterocycles. The van der Waals surface area contributed by atoms with Crippen molar-refractivity contribution in [1.82, 2.24) is 26.2 Å². The average Bonchev–Trinajstić information content (AvgIpc) is 3.92. The quantitative estimate of drug-likeness (QED) is 0.283. The third kappa shape index (κ3) is 8.59. The van der Waals surface area contributed by atoms with E-state index in [0.717, 1.165) is 64.2 Å². The van der Waals surface area contributed by atoms with Crippen molar-refractivity contribution in [3.8, 4) is 0 Å². The minimum atomic E-state index is -3.62. The van der Waals surface area contributed by atoms with Gasteiger partial charge in [-0.2, -0.15) is 0 Å². The third-order valence-electron chi connectivity index (χ3n) is 12.8. The van der Waals surface area contributed by atoms with Gasteiger partial charge in [-0.25, -0.2) is 13.2 Å². The number of carbonyl (C=O) groups excluding carboxylic acids is 5. The van der Waals surface area contributed by atoms with Gasteiger partial charge in [-0.1, -0.05) is 78.1 Å². The predicted molar refractivity (Wildman–Crippen MR) is 195 cm³/mol. The van der Waals surface area contributed by atoms with Gasteiger partial charge in [0.25, 0.3) is 5.91 Å². The monoisotopic (exact) mass is 733 g/mol. The topological polar surface area (TPSA) is 171 Å². The first-order valence-electron chi connectivity index (χ1n) is 19.7. The molecule has 13 heteroatoms. The molecule has 51 heavy (non-hydrogen) atoms. The van der Waals surface area contributed by atoms with Crippen molar-refractivity contribution in [2.75, 3.05) is 6.54 Å². The summed E-state index contributed by atoms with van der Waals surface area (Å²) in [5, 5.41) is 10.9. The minimum Gasteiger partial charge on any atom is -0.347 e. The fourth-order valence-electron chi connectivity index (χ4n) is 9.08. The first kappa shape index (κ1) is 39.5. The van der Waals surface area contributed by atoms with E-state index < -0.39 is 67.1 Å². The van der Waals surface area contributed by atoms with Gasteiger partial charge < -0.3 is 26.2 Å². The number of urea groups is 1. The molecule has 4 N–H and O–H groups in total. The second kappa shape index (κ2) is 15.3. The van der Waals surface area contributed by atoms with E-state index in [1.54, 1.807) is 32.6 Å². The minimum absolute atomic E-state index is 0.0139. The Morgan fingerprint density at radius 2 is 1.41 bits per heavy atom. The van der Waals surface area contributed by atoms with Crippen LogP contribution in [0.4, 0.5) is 4.79 Å². The molecule has 3 aliphatic carbocycles. The van der Waals surface area contributed by atoms with Crippen molar-refractivity contribution < 1.29 is 32.4 Å². The van der Waals surface area contributed by atoms with Gasteiger partial charge in [0.2, 0.25) is 17.6 Å². The van der Waals surface area contributed by atoms with Gasteiger partial charge >= 0.3 is 6.03 Å². The van der Waals surface area contributed by atoms with E-state index in [-0.39, 0.29) is 29.2 Å². The zero-order chi connectivity index (χ0) is 37.4. The Morgan fingerprint density at radius 3 is 2.00 bits per heavy atom. The summed E-state index contributed by atoms with van der Waals surface area (Å²) >= 11 is 0. The number of Topliss-reactive ketones (excluding diaryl/α,β-unsaturated/α-hetero) is 1. The Kier molecular flexibility index (Phi) is 11.9. The van der Waals surface area contributed by atoms with E-state index in [1.165, 1.54) is 0 Å². The van der Waals surface area contributed by atoms with Crippen LogP contribution in [-0.4, -0.2) is 89.1 Å². The van der Waals surface area contributed by atoms with E-state index in [9.17, 15) is 32.4 Å². The van der Waals surface area contributed by atoms with Crippen LogP contribution in [0.25, 0.3) is 0 Å². The maximum Gasteiger partial charge on any atom is 0.315 e. The fraction of sp³-hybridized carbons (Fsp3) is 0.868. The van der Waals surface area contributed by atoms with Crippen molar-refractivity contribution in [2.24, 2.45) is 17.3 Å². The van der Waals surface area contributed by atoms with E-state index in [4.69, 9.17) is 0 Å². The lowest BCUT2D eigenvalue weighted by atomic mass is 9.79. The van der Waals surface area contributed by atoms with Crippen LogP contribution >= 0.6 is 0 Å². The van der Waals surface area contributed by atoms with E-state index in [0.29, 0.717) is 45.1 Å². The molecule has 0 aromatic rings. The summed E-state index contributed by atoms with van der Waals surface area (Å²) in [6.45, 7) is 11.3. The highest BCUT2D eigenvalue weighted by Crippen LogP contribution is 2.65. The highest BCUT2D eigenvalue weighted by molar-refractivity contribution is 7.93. The molecule has 0 bridgehead atoms. The number of fused-ring (bicyclic) bond motifs is 3. The summed E-state index contributed by atoms with van der Waals surface area (Å²) in [6, 6.07) is -3.27. The summed E-state index contributed by atoms with van der Waals surface area (Å²) in [4.78, 5) is 70.3. The van der Waals surface area contributed by atoms with Gasteiger partial charge in [0, 0.05) is 12.6 Å². The Bertz CT molecular complexity index is 1450. The molecule has 12 nitrogen and oxygen atoms in total. The van der Waals surface area contributed by atoms with Gasteiger partial charge in [-0.3, -0.25) is 19.2 Å². The molecular weight excluding hydrogens is 671 g/mol. The lowest BCUT2D eigenvalue weighted by Crippen LogP contribution is -2.64. The molecule has 0 aromatic carbocycles. The Balaban J connectivity index is 1.38. The maximum absolute atomic E-state index is 14.5. The highest BCUT2D eigenvalue weighted by Gasteiger charge is 2.69. The molecule has 5 fully saturated rings. The summed E-state index contributed by atoms with van der Waals surface area (Å²) < 4.78 is 26.3. The molecule has 2 aliphatic heterocycles. The van der Waals surface area contributed by atoms with Crippen LogP contribution in [-0.2, 0) is 29.0 Å². The first-order chi connectivity index (χ1) is 23.9.